The lowest BCUT2D eigenvalue weighted by atomic mass is 10.1. The van der Waals surface area contributed by atoms with Crippen LogP contribution in [-0.2, 0) is 7.05 Å². The van der Waals surface area contributed by atoms with Crippen LogP contribution in [0, 0.1) is 0 Å². The molecule has 1 aromatic carbocycles. The van der Waals surface area contributed by atoms with E-state index >= 15 is 0 Å². The second-order valence-corrected chi connectivity index (χ2v) is 6.13. The monoisotopic (exact) mass is 344 g/mol. The topological polar surface area (TPSA) is 88.5 Å². The first-order chi connectivity index (χ1) is 11.4. The molecule has 0 saturated carbocycles. The quantitative estimate of drug-likeness (QED) is 0.760. The Morgan fingerprint density at radius 3 is 2.62 bits per heavy atom. The van der Waals surface area contributed by atoms with Crippen LogP contribution in [0.5, 0.6) is 0 Å². The number of aryl methyl sites for hydroxylation is 1. The minimum absolute atomic E-state index is 0.205. The van der Waals surface area contributed by atoms with E-state index < -0.39 is 0 Å². The van der Waals surface area contributed by atoms with Gasteiger partial charge in [-0.2, -0.15) is 10.1 Å². The Bertz CT molecular complexity index is 865. The van der Waals surface area contributed by atoms with Crippen LogP contribution >= 0.6 is 11.6 Å². The predicted octanol–water partition coefficient (Wildman–Crippen LogP) is 3.23. The lowest BCUT2D eigenvalue weighted by Crippen LogP contribution is -2.16. The predicted molar refractivity (Wildman–Crippen MR) is 92.1 cm³/mol. The van der Waals surface area contributed by atoms with Crippen molar-refractivity contribution >= 4 is 23.5 Å². The molecule has 0 atom stereocenters. The molecule has 2 N–H and O–H groups in total. The number of carbonyl (C=O) groups excluding carboxylic acids is 1. The van der Waals surface area contributed by atoms with Crippen molar-refractivity contribution in [2.24, 2.45) is 7.05 Å². The summed E-state index contributed by atoms with van der Waals surface area (Å²) < 4.78 is 1.52. The number of anilines is 1. The van der Waals surface area contributed by atoms with Crippen molar-refractivity contribution in [3.8, 4) is 11.3 Å². The van der Waals surface area contributed by atoms with Crippen molar-refractivity contribution in [1.29, 1.82) is 0 Å². The van der Waals surface area contributed by atoms with Gasteiger partial charge in [0.25, 0.3) is 5.91 Å². The fourth-order valence-electron chi connectivity index (χ4n) is 2.20. The molecule has 2 heterocycles. The standard InChI is InChI=1S/C16H17ClN6O/c1-9(2)14-18-16(21-20-14)19-15(24)13-8-12(22-23(13)3)10-4-6-11(17)7-5-10/h4-9H,1-3H3,(H2,18,19,20,21,24). The smallest absolute Gasteiger partial charge is 0.276 e. The molecule has 3 aromatic rings. The molecule has 24 heavy (non-hydrogen) atoms. The molecule has 7 nitrogen and oxygen atoms in total. The second kappa shape index (κ2) is 6.45. The van der Waals surface area contributed by atoms with E-state index in [0.717, 1.165) is 11.4 Å². The number of nitrogens with one attached hydrogen (secondary N) is 2. The van der Waals surface area contributed by atoms with Crippen LogP contribution in [0.4, 0.5) is 5.95 Å². The highest BCUT2D eigenvalue weighted by molar-refractivity contribution is 6.30. The summed E-state index contributed by atoms with van der Waals surface area (Å²) in [6.45, 7) is 3.98. The summed E-state index contributed by atoms with van der Waals surface area (Å²) in [7, 11) is 1.71. The number of hydrogen-bond donors (Lipinski definition) is 2. The lowest BCUT2D eigenvalue weighted by Gasteiger charge is -2.00. The molecule has 0 fully saturated rings. The maximum absolute atomic E-state index is 12.4. The maximum atomic E-state index is 12.4. The molecule has 0 saturated heterocycles. The molecule has 0 unspecified atom stereocenters. The third-order valence-corrected chi connectivity index (χ3v) is 3.78. The molecule has 8 heteroatoms. The second-order valence-electron chi connectivity index (χ2n) is 5.70. The fraction of sp³-hybridized carbons (Fsp3) is 0.250. The van der Waals surface area contributed by atoms with Gasteiger partial charge in [-0.3, -0.25) is 19.9 Å². The number of aromatic nitrogens is 5. The van der Waals surface area contributed by atoms with Crippen LogP contribution < -0.4 is 5.32 Å². The third kappa shape index (κ3) is 3.30. The average molecular weight is 345 g/mol. The highest BCUT2D eigenvalue weighted by Crippen LogP contribution is 2.21. The van der Waals surface area contributed by atoms with Gasteiger partial charge in [-0.1, -0.05) is 37.6 Å². The molecule has 3 rings (SSSR count). The normalized spacial score (nSPS) is 11.0. The fourth-order valence-corrected chi connectivity index (χ4v) is 2.32. The van der Waals surface area contributed by atoms with E-state index in [9.17, 15) is 4.79 Å². The van der Waals surface area contributed by atoms with Crippen LogP contribution in [0.3, 0.4) is 0 Å². The Kier molecular flexibility index (Phi) is 4.35. The Morgan fingerprint density at radius 2 is 2.00 bits per heavy atom. The number of nitrogens with zero attached hydrogens (tertiary/aromatic N) is 4. The van der Waals surface area contributed by atoms with E-state index in [4.69, 9.17) is 11.6 Å². The number of amides is 1. The summed E-state index contributed by atoms with van der Waals surface area (Å²) in [5.41, 5.74) is 1.99. The van der Waals surface area contributed by atoms with Crippen molar-refractivity contribution in [1.82, 2.24) is 25.0 Å². The Labute approximate surface area is 144 Å². The zero-order valence-electron chi connectivity index (χ0n) is 13.5. The Hall–Kier alpha value is -2.67. The molecule has 0 radical (unpaired) electrons. The molecule has 0 bridgehead atoms. The zero-order valence-corrected chi connectivity index (χ0v) is 14.3. The molecular weight excluding hydrogens is 328 g/mol. The van der Waals surface area contributed by atoms with E-state index in [1.54, 1.807) is 25.2 Å². The highest BCUT2D eigenvalue weighted by atomic mass is 35.5. The summed E-state index contributed by atoms with van der Waals surface area (Å²) in [6, 6.07) is 9.00. The molecule has 1 amide bonds. The van der Waals surface area contributed by atoms with E-state index in [-0.39, 0.29) is 17.8 Å². The van der Waals surface area contributed by atoms with Gasteiger partial charge < -0.3 is 0 Å². The summed E-state index contributed by atoms with van der Waals surface area (Å²) in [4.78, 5) is 16.7. The van der Waals surface area contributed by atoms with E-state index in [0.29, 0.717) is 16.4 Å². The van der Waals surface area contributed by atoms with Gasteiger partial charge in [0.2, 0.25) is 5.95 Å². The Balaban J connectivity index is 1.81. The summed E-state index contributed by atoms with van der Waals surface area (Å²) in [5, 5.41) is 14.5. The van der Waals surface area contributed by atoms with E-state index in [2.05, 4.69) is 25.6 Å². The maximum Gasteiger partial charge on any atom is 0.276 e. The Morgan fingerprint density at radius 1 is 1.29 bits per heavy atom. The third-order valence-electron chi connectivity index (χ3n) is 3.53. The molecule has 2 aromatic heterocycles. The van der Waals surface area contributed by atoms with Gasteiger partial charge in [0.15, 0.2) is 0 Å². The first-order valence-electron chi connectivity index (χ1n) is 7.47. The summed E-state index contributed by atoms with van der Waals surface area (Å²) in [6.07, 6.45) is 0. The van der Waals surface area contributed by atoms with Gasteiger partial charge >= 0.3 is 0 Å². The van der Waals surface area contributed by atoms with Crippen LogP contribution in [0.1, 0.15) is 36.1 Å². The average Bonchev–Trinajstić information content (AvgIpc) is 3.15. The van der Waals surface area contributed by atoms with E-state index in [1.165, 1.54) is 4.68 Å². The van der Waals surface area contributed by atoms with Crippen molar-refractivity contribution in [2.75, 3.05) is 5.32 Å². The first-order valence-corrected chi connectivity index (χ1v) is 7.85. The molecule has 0 aliphatic heterocycles. The van der Waals surface area contributed by atoms with Crippen LogP contribution in [-0.4, -0.2) is 30.9 Å². The molecule has 0 aliphatic carbocycles. The number of aromatic amines is 1. The van der Waals surface area contributed by atoms with Crippen molar-refractivity contribution in [2.45, 2.75) is 19.8 Å². The van der Waals surface area contributed by atoms with Gasteiger partial charge in [-0.25, -0.2) is 0 Å². The van der Waals surface area contributed by atoms with Gasteiger partial charge in [0.05, 0.1) is 5.69 Å². The summed E-state index contributed by atoms with van der Waals surface area (Å²) >= 11 is 5.89. The molecular formula is C16H17ClN6O. The zero-order chi connectivity index (χ0) is 17.3. The van der Waals surface area contributed by atoms with Crippen molar-refractivity contribution in [3.05, 3.63) is 46.9 Å². The number of carbonyl (C=O) groups is 1. The number of H-pyrrole nitrogens is 1. The largest absolute Gasteiger partial charge is 0.288 e. The minimum Gasteiger partial charge on any atom is -0.288 e. The molecule has 0 spiro atoms. The molecule has 124 valence electrons. The summed E-state index contributed by atoms with van der Waals surface area (Å²) in [5.74, 6) is 0.853. The highest BCUT2D eigenvalue weighted by Gasteiger charge is 2.16. The van der Waals surface area contributed by atoms with Crippen molar-refractivity contribution in [3.63, 3.8) is 0 Å². The SMILES string of the molecule is CC(C)c1nc(NC(=O)c2cc(-c3ccc(Cl)cc3)nn2C)n[nH]1. The minimum atomic E-state index is -0.320. The lowest BCUT2D eigenvalue weighted by molar-refractivity contribution is 0.101. The number of rotatable bonds is 4. The van der Waals surface area contributed by atoms with Crippen LogP contribution in [0.25, 0.3) is 11.3 Å². The van der Waals surface area contributed by atoms with Crippen LogP contribution in [0.15, 0.2) is 30.3 Å². The first kappa shape index (κ1) is 16.2. The number of hydrogen-bond acceptors (Lipinski definition) is 4. The van der Waals surface area contributed by atoms with E-state index in [1.807, 2.05) is 26.0 Å². The van der Waals surface area contributed by atoms with Gasteiger partial charge in [-0.05, 0) is 18.2 Å². The van der Waals surface area contributed by atoms with Gasteiger partial charge in [-0.15, -0.1) is 5.10 Å². The van der Waals surface area contributed by atoms with Gasteiger partial charge in [0.1, 0.15) is 11.5 Å². The number of halogens is 1. The number of benzene rings is 1. The van der Waals surface area contributed by atoms with Crippen molar-refractivity contribution < 1.29 is 4.79 Å². The van der Waals surface area contributed by atoms with Gasteiger partial charge in [0, 0.05) is 23.6 Å². The molecule has 0 aliphatic rings. The van der Waals surface area contributed by atoms with Crippen LogP contribution in [0.2, 0.25) is 5.02 Å².